The van der Waals surface area contributed by atoms with Gasteiger partial charge in [0.05, 0.1) is 18.3 Å². The molecular formula is C11H19Cl2N3OS. The third-order valence-electron chi connectivity index (χ3n) is 2.86. The summed E-state index contributed by atoms with van der Waals surface area (Å²) in [7, 11) is 0. The number of carbonyl (C=O) groups is 1. The summed E-state index contributed by atoms with van der Waals surface area (Å²) < 4.78 is 0. The van der Waals surface area contributed by atoms with E-state index in [0.717, 1.165) is 30.1 Å². The molecule has 1 fully saturated rings. The summed E-state index contributed by atoms with van der Waals surface area (Å²) in [6.45, 7) is 5.55. The molecule has 1 aromatic heterocycles. The van der Waals surface area contributed by atoms with Crippen LogP contribution in [0, 0.1) is 13.8 Å². The van der Waals surface area contributed by atoms with Crippen LogP contribution in [0.5, 0.6) is 0 Å². The number of aromatic nitrogens is 1. The lowest BCUT2D eigenvalue weighted by molar-refractivity contribution is -0.122. The Morgan fingerprint density at radius 3 is 2.72 bits per heavy atom. The van der Waals surface area contributed by atoms with Crippen LogP contribution in [0.3, 0.4) is 0 Å². The van der Waals surface area contributed by atoms with Crippen LogP contribution in [0.25, 0.3) is 0 Å². The van der Waals surface area contributed by atoms with Crippen molar-refractivity contribution in [1.82, 2.24) is 15.6 Å². The van der Waals surface area contributed by atoms with E-state index in [1.165, 1.54) is 4.88 Å². The second kappa shape index (κ2) is 7.94. The Hall–Kier alpha value is -0.360. The fraction of sp³-hybridized carbons (Fsp3) is 0.636. The minimum absolute atomic E-state index is 0. The zero-order chi connectivity index (χ0) is 11.5. The molecule has 0 aromatic carbocycles. The predicted molar refractivity (Wildman–Crippen MR) is 79.0 cm³/mol. The molecule has 7 heteroatoms. The molecule has 1 aromatic rings. The molecule has 18 heavy (non-hydrogen) atoms. The zero-order valence-electron chi connectivity index (χ0n) is 10.5. The Bertz CT molecular complexity index is 372. The van der Waals surface area contributed by atoms with E-state index in [4.69, 9.17) is 0 Å². The van der Waals surface area contributed by atoms with E-state index in [1.54, 1.807) is 11.3 Å². The first-order valence-electron chi connectivity index (χ1n) is 5.61. The summed E-state index contributed by atoms with van der Waals surface area (Å²) >= 11 is 1.65. The largest absolute Gasteiger partial charge is 0.348 e. The van der Waals surface area contributed by atoms with Gasteiger partial charge in [0.2, 0.25) is 5.91 Å². The van der Waals surface area contributed by atoms with Crippen molar-refractivity contribution < 1.29 is 4.79 Å². The van der Waals surface area contributed by atoms with Crippen LogP contribution in [-0.2, 0) is 11.3 Å². The number of halogens is 2. The Labute approximate surface area is 124 Å². The van der Waals surface area contributed by atoms with Gasteiger partial charge in [-0.25, -0.2) is 4.98 Å². The average molecular weight is 312 g/mol. The van der Waals surface area contributed by atoms with Gasteiger partial charge in [0.25, 0.3) is 0 Å². The highest BCUT2D eigenvalue weighted by Crippen LogP contribution is 2.16. The molecule has 1 saturated heterocycles. The van der Waals surface area contributed by atoms with Crippen LogP contribution in [0.15, 0.2) is 0 Å². The molecule has 2 rings (SSSR count). The second-order valence-corrected chi connectivity index (χ2v) is 5.40. The summed E-state index contributed by atoms with van der Waals surface area (Å²) in [5.41, 5.74) is 1.06. The first-order chi connectivity index (χ1) is 7.66. The number of amides is 1. The van der Waals surface area contributed by atoms with Crippen molar-refractivity contribution in [2.45, 2.75) is 39.3 Å². The Morgan fingerprint density at radius 1 is 1.50 bits per heavy atom. The van der Waals surface area contributed by atoms with Gasteiger partial charge in [0.1, 0.15) is 5.01 Å². The van der Waals surface area contributed by atoms with Crippen LogP contribution in [-0.4, -0.2) is 23.5 Å². The number of hydrogen-bond acceptors (Lipinski definition) is 4. The van der Waals surface area contributed by atoms with Gasteiger partial charge < -0.3 is 10.6 Å². The predicted octanol–water partition coefficient (Wildman–Crippen LogP) is 1.97. The molecule has 2 N–H and O–H groups in total. The van der Waals surface area contributed by atoms with Gasteiger partial charge >= 0.3 is 0 Å². The lowest BCUT2D eigenvalue weighted by Crippen LogP contribution is -2.39. The molecule has 2 heterocycles. The third-order valence-corrected chi connectivity index (χ3v) is 3.94. The van der Waals surface area contributed by atoms with Gasteiger partial charge in [-0.15, -0.1) is 36.2 Å². The van der Waals surface area contributed by atoms with E-state index in [9.17, 15) is 4.79 Å². The molecule has 1 aliphatic rings. The first-order valence-corrected chi connectivity index (χ1v) is 6.42. The molecule has 1 unspecified atom stereocenters. The van der Waals surface area contributed by atoms with Crippen molar-refractivity contribution in [2.75, 3.05) is 6.54 Å². The molecule has 1 amide bonds. The number of carbonyl (C=O) groups excluding carboxylic acids is 1. The molecule has 0 radical (unpaired) electrons. The molecule has 4 nitrogen and oxygen atoms in total. The highest BCUT2D eigenvalue weighted by atomic mass is 35.5. The van der Waals surface area contributed by atoms with Crippen molar-refractivity contribution in [1.29, 1.82) is 0 Å². The first kappa shape index (κ1) is 17.6. The lowest BCUT2D eigenvalue weighted by atomic mass is 10.2. The van der Waals surface area contributed by atoms with Crippen LogP contribution in [0.2, 0.25) is 0 Å². The van der Waals surface area contributed by atoms with Crippen molar-refractivity contribution in [2.24, 2.45) is 0 Å². The normalized spacial score (nSPS) is 17.8. The minimum atomic E-state index is 0. The van der Waals surface area contributed by atoms with E-state index in [-0.39, 0.29) is 36.8 Å². The van der Waals surface area contributed by atoms with Gasteiger partial charge in [-0.05, 0) is 33.2 Å². The van der Waals surface area contributed by atoms with Gasteiger partial charge in [-0.3, -0.25) is 4.79 Å². The maximum Gasteiger partial charge on any atom is 0.237 e. The van der Waals surface area contributed by atoms with Crippen molar-refractivity contribution in [3.05, 3.63) is 15.6 Å². The number of aryl methyl sites for hydroxylation is 2. The maximum atomic E-state index is 11.7. The fourth-order valence-electron chi connectivity index (χ4n) is 1.81. The maximum absolute atomic E-state index is 11.7. The number of nitrogens with one attached hydrogen (secondary N) is 2. The standard InChI is InChI=1S/C11H17N3OS.2ClH/c1-7-8(2)16-10(14-7)6-13-11(15)9-4-3-5-12-9;;/h9,12H,3-6H2,1-2H3,(H,13,15);2*1H. The Kier molecular flexibility index (Phi) is 7.78. The number of thiazole rings is 1. The van der Waals surface area contributed by atoms with E-state index in [2.05, 4.69) is 22.5 Å². The SMILES string of the molecule is Cc1nc(CNC(=O)C2CCCN2)sc1C.Cl.Cl. The number of nitrogens with zero attached hydrogens (tertiary/aromatic N) is 1. The van der Waals surface area contributed by atoms with Crippen molar-refractivity contribution in [3.8, 4) is 0 Å². The number of rotatable bonds is 3. The number of hydrogen-bond donors (Lipinski definition) is 2. The van der Waals surface area contributed by atoms with E-state index >= 15 is 0 Å². The van der Waals surface area contributed by atoms with Crippen molar-refractivity contribution in [3.63, 3.8) is 0 Å². The smallest absolute Gasteiger partial charge is 0.237 e. The van der Waals surface area contributed by atoms with Crippen LogP contribution in [0.1, 0.15) is 28.4 Å². The summed E-state index contributed by atoms with van der Waals surface area (Å²) in [4.78, 5) is 17.3. The van der Waals surface area contributed by atoms with Gasteiger partial charge in [-0.1, -0.05) is 0 Å². The average Bonchev–Trinajstić information content (AvgIpc) is 2.86. The minimum Gasteiger partial charge on any atom is -0.348 e. The topological polar surface area (TPSA) is 54.0 Å². The molecule has 0 aliphatic carbocycles. The molecule has 0 saturated carbocycles. The monoisotopic (exact) mass is 311 g/mol. The van der Waals surface area contributed by atoms with Crippen molar-refractivity contribution >= 4 is 42.1 Å². The summed E-state index contributed by atoms with van der Waals surface area (Å²) in [6.07, 6.45) is 2.04. The molecular weight excluding hydrogens is 293 g/mol. The Morgan fingerprint density at radius 2 is 2.22 bits per heavy atom. The highest BCUT2D eigenvalue weighted by Gasteiger charge is 2.21. The second-order valence-electron chi connectivity index (χ2n) is 4.12. The summed E-state index contributed by atoms with van der Waals surface area (Å²) in [6, 6.07) is 0.00200. The van der Waals surface area contributed by atoms with E-state index in [1.807, 2.05) is 6.92 Å². The van der Waals surface area contributed by atoms with Gasteiger partial charge in [0.15, 0.2) is 0 Å². The lowest BCUT2D eigenvalue weighted by Gasteiger charge is -2.09. The molecule has 104 valence electrons. The van der Waals surface area contributed by atoms with Gasteiger partial charge in [-0.2, -0.15) is 0 Å². The molecule has 0 spiro atoms. The molecule has 0 bridgehead atoms. The quantitative estimate of drug-likeness (QED) is 0.897. The zero-order valence-corrected chi connectivity index (χ0v) is 12.9. The summed E-state index contributed by atoms with van der Waals surface area (Å²) in [5, 5.41) is 7.10. The van der Waals surface area contributed by atoms with Crippen LogP contribution >= 0.6 is 36.2 Å². The molecule has 1 atom stereocenters. The van der Waals surface area contributed by atoms with E-state index in [0.29, 0.717) is 6.54 Å². The van der Waals surface area contributed by atoms with E-state index < -0.39 is 0 Å². The van der Waals surface area contributed by atoms with Crippen LogP contribution < -0.4 is 10.6 Å². The third kappa shape index (κ3) is 4.39. The molecule has 1 aliphatic heterocycles. The summed E-state index contributed by atoms with van der Waals surface area (Å²) in [5.74, 6) is 0.100. The highest BCUT2D eigenvalue weighted by molar-refractivity contribution is 7.11. The fourth-order valence-corrected chi connectivity index (χ4v) is 2.68. The van der Waals surface area contributed by atoms with Crippen LogP contribution in [0.4, 0.5) is 0 Å². The Balaban J connectivity index is 0.00000144. The van der Waals surface area contributed by atoms with Gasteiger partial charge in [0, 0.05) is 4.88 Å².